The van der Waals surface area contributed by atoms with Gasteiger partial charge in [-0.05, 0) is 58.2 Å². The lowest BCUT2D eigenvalue weighted by atomic mass is 9.95. The Bertz CT molecular complexity index is 1000. The van der Waals surface area contributed by atoms with Crippen molar-refractivity contribution in [2.45, 2.75) is 54.6 Å². The molecule has 0 radical (unpaired) electrons. The van der Waals surface area contributed by atoms with Crippen LogP contribution >= 0.6 is 0 Å². The Morgan fingerprint density at radius 2 is 1.54 bits per heavy atom. The number of benzene rings is 1. The van der Waals surface area contributed by atoms with Crippen LogP contribution in [0.3, 0.4) is 0 Å². The van der Waals surface area contributed by atoms with E-state index >= 15 is 0 Å². The van der Waals surface area contributed by atoms with Gasteiger partial charge >= 0.3 is 5.97 Å². The maximum absolute atomic E-state index is 13.4. The number of rotatable bonds is 2. The van der Waals surface area contributed by atoms with Crippen molar-refractivity contribution < 1.29 is 13.7 Å². The summed E-state index contributed by atoms with van der Waals surface area (Å²) >= 11 is 0. The van der Waals surface area contributed by atoms with E-state index in [0.29, 0.717) is 30.2 Å². The smallest absolute Gasteiger partial charge is 0.317 e. The van der Waals surface area contributed by atoms with E-state index in [4.69, 9.17) is 4.74 Å². The summed E-state index contributed by atoms with van der Waals surface area (Å²) in [4.78, 5) is 26.0. The number of fused-ring (bicyclic) bond motifs is 1. The molecule has 7 heteroatoms. The molecule has 0 bridgehead atoms. The van der Waals surface area contributed by atoms with Crippen molar-refractivity contribution in [1.29, 1.82) is 0 Å². The van der Waals surface area contributed by atoms with Crippen LogP contribution in [0.25, 0.3) is 11.1 Å². The molecule has 2 aromatic rings. The van der Waals surface area contributed by atoms with Gasteiger partial charge in [0, 0.05) is 22.3 Å². The Kier molecular flexibility index (Phi) is 5.40. The second-order valence-electron chi connectivity index (χ2n) is 8.49. The van der Waals surface area contributed by atoms with Gasteiger partial charge in [-0.15, -0.1) is 0 Å². The zero-order valence-corrected chi connectivity index (χ0v) is 18.2. The van der Waals surface area contributed by atoms with Gasteiger partial charge in [0.15, 0.2) is 0 Å². The predicted octanol–water partition coefficient (Wildman–Crippen LogP) is 2.96. The largest absolute Gasteiger partial charge is 0.407 e. The summed E-state index contributed by atoms with van der Waals surface area (Å²) < 4.78 is 21.1. The number of ether oxygens (including phenoxy) is 1. The number of nitrogens with zero attached hydrogens (tertiary/aromatic N) is 2. The molecule has 1 aliphatic heterocycles. The molecule has 0 amide bonds. The van der Waals surface area contributed by atoms with E-state index in [2.05, 4.69) is 0 Å². The summed E-state index contributed by atoms with van der Waals surface area (Å²) in [5.74, 6) is 0.711. The highest BCUT2D eigenvalue weighted by Crippen LogP contribution is 2.35. The second-order valence-corrected chi connectivity index (χ2v) is 10.2. The normalized spacial score (nSPS) is 17.1. The SMILES string of the molecule is Cc1cc(C)c(-c2c(OC(=O)C(C)(C)C)n3n(c2=O)CCS(=O)CC3)c(C)c1. The molecule has 0 aliphatic carbocycles. The minimum atomic E-state index is -0.993. The van der Waals surface area contributed by atoms with Crippen LogP contribution in [0, 0.1) is 26.2 Å². The first-order valence-electron chi connectivity index (χ1n) is 9.49. The second kappa shape index (κ2) is 7.35. The molecule has 1 aliphatic rings. The number of carbonyl (C=O) groups is 1. The fourth-order valence-electron chi connectivity index (χ4n) is 3.62. The van der Waals surface area contributed by atoms with Gasteiger partial charge in [-0.3, -0.25) is 13.8 Å². The zero-order valence-electron chi connectivity index (χ0n) is 17.4. The lowest BCUT2D eigenvalue weighted by molar-refractivity contribution is -0.143. The van der Waals surface area contributed by atoms with Crippen molar-refractivity contribution in [1.82, 2.24) is 9.36 Å². The molecular weight excluding hydrogens is 376 g/mol. The first-order chi connectivity index (χ1) is 13.0. The first-order valence-corrected chi connectivity index (χ1v) is 11.0. The number of hydrogen-bond acceptors (Lipinski definition) is 4. The van der Waals surface area contributed by atoms with E-state index in [0.717, 1.165) is 22.3 Å². The van der Waals surface area contributed by atoms with Gasteiger partial charge in [0.1, 0.15) is 5.56 Å². The van der Waals surface area contributed by atoms with E-state index in [1.807, 2.05) is 32.9 Å². The summed E-state index contributed by atoms with van der Waals surface area (Å²) in [7, 11) is -0.993. The van der Waals surface area contributed by atoms with Gasteiger partial charge in [0.2, 0.25) is 5.88 Å². The Balaban J connectivity index is 2.28. The van der Waals surface area contributed by atoms with Crippen LogP contribution in [-0.4, -0.2) is 31.0 Å². The third kappa shape index (κ3) is 3.72. The number of carbonyl (C=O) groups excluding carboxylic acids is 1. The molecule has 28 heavy (non-hydrogen) atoms. The van der Waals surface area contributed by atoms with Gasteiger partial charge in [-0.2, -0.15) is 0 Å². The minimum Gasteiger partial charge on any atom is -0.407 e. The van der Waals surface area contributed by atoms with Crippen LogP contribution in [0.1, 0.15) is 37.5 Å². The molecule has 1 unspecified atom stereocenters. The molecule has 0 fully saturated rings. The maximum Gasteiger partial charge on any atom is 0.317 e. The van der Waals surface area contributed by atoms with E-state index in [1.165, 1.54) is 0 Å². The number of hydrogen-bond donors (Lipinski definition) is 0. The molecule has 1 aromatic heterocycles. The zero-order chi connectivity index (χ0) is 20.8. The Labute approximate surface area is 167 Å². The van der Waals surface area contributed by atoms with Crippen molar-refractivity contribution in [2.75, 3.05) is 11.5 Å². The first kappa shape index (κ1) is 20.6. The summed E-state index contributed by atoms with van der Waals surface area (Å²) in [5.41, 5.74) is 3.36. The number of esters is 1. The fourth-order valence-corrected chi connectivity index (χ4v) is 4.58. The fraction of sp³-hybridized carbons (Fsp3) is 0.524. The summed E-state index contributed by atoms with van der Waals surface area (Å²) in [6.45, 7) is 12.0. The number of aryl methyl sites for hydroxylation is 3. The Morgan fingerprint density at radius 3 is 2.07 bits per heavy atom. The third-order valence-corrected chi connectivity index (χ3v) is 6.25. The molecule has 0 saturated carbocycles. The van der Waals surface area contributed by atoms with Crippen molar-refractivity contribution in [3.05, 3.63) is 39.2 Å². The molecule has 0 N–H and O–H groups in total. The Morgan fingerprint density at radius 1 is 1.00 bits per heavy atom. The van der Waals surface area contributed by atoms with Gasteiger partial charge in [-0.25, -0.2) is 9.36 Å². The van der Waals surface area contributed by atoms with Gasteiger partial charge in [-0.1, -0.05) is 17.7 Å². The minimum absolute atomic E-state index is 0.203. The summed E-state index contributed by atoms with van der Waals surface area (Å²) in [5, 5.41) is 0. The molecular formula is C21H28N2O4S. The van der Waals surface area contributed by atoms with Crippen LogP contribution in [0.15, 0.2) is 16.9 Å². The van der Waals surface area contributed by atoms with Crippen molar-refractivity contribution in [3.8, 4) is 17.0 Å². The summed E-state index contributed by atoms with van der Waals surface area (Å²) in [6, 6.07) is 4.06. The molecule has 152 valence electrons. The van der Waals surface area contributed by atoms with Crippen LogP contribution in [0.2, 0.25) is 0 Å². The number of aromatic nitrogens is 2. The molecule has 3 rings (SSSR count). The lowest BCUT2D eigenvalue weighted by Gasteiger charge is -2.19. The van der Waals surface area contributed by atoms with Gasteiger partial charge < -0.3 is 4.74 Å². The molecule has 0 saturated heterocycles. The van der Waals surface area contributed by atoms with Crippen molar-refractivity contribution in [3.63, 3.8) is 0 Å². The Hall–Kier alpha value is -2.15. The average molecular weight is 405 g/mol. The maximum atomic E-state index is 13.4. The summed E-state index contributed by atoms with van der Waals surface area (Å²) in [6.07, 6.45) is 0. The molecule has 6 nitrogen and oxygen atoms in total. The lowest BCUT2D eigenvalue weighted by Crippen LogP contribution is -2.27. The van der Waals surface area contributed by atoms with E-state index in [-0.39, 0.29) is 11.4 Å². The molecule has 0 spiro atoms. The monoisotopic (exact) mass is 404 g/mol. The third-order valence-electron chi connectivity index (χ3n) is 4.98. The predicted molar refractivity (Wildman–Crippen MR) is 111 cm³/mol. The van der Waals surface area contributed by atoms with Gasteiger partial charge in [0.05, 0.1) is 18.5 Å². The van der Waals surface area contributed by atoms with Crippen LogP contribution in [-0.2, 0) is 28.7 Å². The van der Waals surface area contributed by atoms with Crippen molar-refractivity contribution >= 4 is 16.8 Å². The quantitative estimate of drug-likeness (QED) is 0.722. The van der Waals surface area contributed by atoms with Crippen LogP contribution in [0.4, 0.5) is 0 Å². The van der Waals surface area contributed by atoms with E-state index in [9.17, 15) is 13.8 Å². The highest BCUT2D eigenvalue weighted by atomic mass is 32.2. The van der Waals surface area contributed by atoms with E-state index < -0.39 is 22.2 Å². The average Bonchev–Trinajstić information content (AvgIpc) is 2.70. The van der Waals surface area contributed by atoms with Gasteiger partial charge in [0.25, 0.3) is 5.56 Å². The molecule has 1 aromatic carbocycles. The topological polar surface area (TPSA) is 70.3 Å². The molecule has 1 atom stereocenters. The standard InChI is InChI=1S/C21H28N2O4S/c1-13-11-14(2)16(15(3)12-13)17-18(24)22-7-9-28(26)10-8-23(22)19(17)27-20(25)21(4,5)6/h11-12H,7-10H2,1-6H3. The van der Waals surface area contributed by atoms with Crippen LogP contribution in [0.5, 0.6) is 5.88 Å². The van der Waals surface area contributed by atoms with Crippen LogP contribution < -0.4 is 10.3 Å². The van der Waals surface area contributed by atoms with Crippen molar-refractivity contribution in [2.24, 2.45) is 5.41 Å². The highest BCUT2D eigenvalue weighted by Gasteiger charge is 2.32. The van der Waals surface area contributed by atoms with E-state index in [1.54, 1.807) is 30.1 Å². The highest BCUT2D eigenvalue weighted by molar-refractivity contribution is 7.84. The molecule has 2 heterocycles.